The molecule has 2 fully saturated rings. The molecule has 2 aliphatic rings. The third-order valence-corrected chi connectivity index (χ3v) is 7.19. The van der Waals surface area contributed by atoms with Gasteiger partial charge in [-0.2, -0.15) is 5.10 Å². The van der Waals surface area contributed by atoms with Crippen molar-refractivity contribution in [3.8, 4) is 11.3 Å². The minimum absolute atomic E-state index is 0.174. The Morgan fingerprint density at radius 2 is 1.94 bits per heavy atom. The molecular weight excluding hydrogens is 458 g/mol. The van der Waals surface area contributed by atoms with Gasteiger partial charge in [0.1, 0.15) is 6.61 Å². The summed E-state index contributed by atoms with van der Waals surface area (Å²) in [7, 11) is 0. The fraction of sp³-hybridized carbons (Fsp3) is 0.500. The molecule has 10 heteroatoms. The molecule has 0 radical (unpaired) electrons. The molecule has 0 bridgehead atoms. The van der Waals surface area contributed by atoms with E-state index in [1.165, 1.54) is 31.4 Å². The molecular formula is C26H33N7O3. The summed E-state index contributed by atoms with van der Waals surface area (Å²) < 4.78 is 7.46. The van der Waals surface area contributed by atoms with E-state index in [0.29, 0.717) is 24.9 Å². The largest absolute Gasteiger partial charge is 0.378 e. The molecule has 1 aliphatic heterocycles. The van der Waals surface area contributed by atoms with Crippen molar-refractivity contribution in [2.75, 3.05) is 43.1 Å². The molecule has 1 saturated carbocycles. The average molecular weight is 492 g/mol. The number of benzene rings is 1. The van der Waals surface area contributed by atoms with Crippen molar-refractivity contribution in [1.29, 1.82) is 0 Å². The zero-order valence-electron chi connectivity index (χ0n) is 20.7. The van der Waals surface area contributed by atoms with Crippen LogP contribution in [0.2, 0.25) is 0 Å². The number of aryl methyl sites for hydroxylation is 1. The fourth-order valence-corrected chi connectivity index (χ4v) is 5.28. The number of hydrogen-bond acceptors (Lipinski definition) is 9. The maximum atomic E-state index is 10.4. The normalized spacial score (nSPS) is 17.2. The molecule has 3 aromatic rings. The predicted octanol–water partition coefficient (Wildman–Crippen LogP) is 5.05. The van der Waals surface area contributed by atoms with Crippen molar-refractivity contribution in [2.45, 2.75) is 45.1 Å². The number of nitrogens with one attached hydrogen (secondary N) is 1. The molecule has 2 aromatic heterocycles. The number of morpholine rings is 1. The van der Waals surface area contributed by atoms with Crippen LogP contribution >= 0.6 is 0 Å². The maximum Gasteiger partial charge on any atom is 0.227 e. The van der Waals surface area contributed by atoms with Gasteiger partial charge in [0.25, 0.3) is 0 Å². The quantitative estimate of drug-likeness (QED) is 0.239. The second-order valence-electron chi connectivity index (χ2n) is 9.51. The first kappa shape index (κ1) is 24.2. The average Bonchev–Trinajstić information content (AvgIpc) is 3.62. The maximum absolute atomic E-state index is 10.4. The molecule has 1 unspecified atom stereocenters. The van der Waals surface area contributed by atoms with Crippen LogP contribution in [-0.4, -0.2) is 52.7 Å². The minimum atomic E-state index is 0.174. The third kappa shape index (κ3) is 5.64. The summed E-state index contributed by atoms with van der Waals surface area (Å²) in [5, 5.41) is 10.6. The van der Waals surface area contributed by atoms with E-state index in [1.807, 2.05) is 42.3 Å². The van der Waals surface area contributed by atoms with Crippen LogP contribution in [0.5, 0.6) is 0 Å². The highest BCUT2D eigenvalue weighted by Gasteiger charge is 2.27. The molecule has 1 saturated heterocycles. The summed E-state index contributed by atoms with van der Waals surface area (Å²) in [6.45, 7) is 5.65. The Bertz CT molecular complexity index is 1140. The number of ether oxygens (including phenoxy) is 1. The molecule has 36 heavy (non-hydrogen) atoms. The molecule has 10 nitrogen and oxygen atoms in total. The molecule has 0 spiro atoms. The van der Waals surface area contributed by atoms with Gasteiger partial charge in [-0.15, -0.1) is 4.91 Å². The SMILES string of the molecule is Cc1cnc(Nc2ccc(N3CCOCC3)cc2)nc1-c1cnn(C(CCON=O)C2CCCC2)c1. The zero-order valence-corrected chi connectivity index (χ0v) is 20.7. The van der Waals surface area contributed by atoms with Crippen LogP contribution in [0.4, 0.5) is 17.3 Å². The fourth-order valence-electron chi connectivity index (χ4n) is 5.28. The first-order valence-corrected chi connectivity index (χ1v) is 12.7. The summed E-state index contributed by atoms with van der Waals surface area (Å²) in [6.07, 6.45) is 11.2. The lowest BCUT2D eigenvalue weighted by atomic mass is 9.96. The standard InChI is InChI=1S/C26H33N7O3/c1-19-16-27-26(29-22-6-8-23(9-7-22)32-11-14-35-15-12-32)30-25(19)21-17-28-33(18-21)24(10-13-36-31-34)20-4-2-3-5-20/h6-9,16-18,20,24H,2-5,10-15H2,1H3,(H,27,29,30). The third-order valence-electron chi connectivity index (χ3n) is 7.19. The van der Waals surface area contributed by atoms with Gasteiger partial charge in [0.05, 0.1) is 31.1 Å². The van der Waals surface area contributed by atoms with Gasteiger partial charge in [0.2, 0.25) is 5.95 Å². The second-order valence-corrected chi connectivity index (χ2v) is 9.51. The molecule has 0 amide bonds. The number of rotatable bonds is 10. The zero-order chi connectivity index (χ0) is 24.7. The van der Waals surface area contributed by atoms with E-state index in [2.05, 4.69) is 37.8 Å². The highest BCUT2D eigenvalue weighted by molar-refractivity contribution is 5.65. The van der Waals surface area contributed by atoms with Gasteiger partial charge < -0.3 is 19.8 Å². The van der Waals surface area contributed by atoms with E-state index >= 15 is 0 Å². The van der Waals surface area contributed by atoms with E-state index < -0.39 is 0 Å². The minimum Gasteiger partial charge on any atom is -0.378 e. The predicted molar refractivity (Wildman–Crippen MR) is 138 cm³/mol. The van der Waals surface area contributed by atoms with Crippen molar-refractivity contribution < 1.29 is 9.57 Å². The molecule has 190 valence electrons. The summed E-state index contributed by atoms with van der Waals surface area (Å²) in [5.41, 5.74) is 4.89. The van der Waals surface area contributed by atoms with E-state index in [9.17, 15) is 4.91 Å². The molecule has 3 heterocycles. The first-order valence-electron chi connectivity index (χ1n) is 12.7. The van der Waals surface area contributed by atoms with Crippen LogP contribution < -0.4 is 10.2 Å². The van der Waals surface area contributed by atoms with E-state index in [4.69, 9.17) is 14.6 Å². The van der Waals surface area contributed by atoms with Crippen LogP contribution in [0.3, 0.4) is 0 Å². The molecule has 1 N–H and O–H groups in total. The number of aromatic nitrogens is 4. The van der Waals surface area contributed by atoms with Gasteiger partial charge in [0.15, 0.2) is 5.34 Å². The van der Waals surface area contributed by atoms with Crippen LogP contribution in [0.25, 0.3) is 11.3 Å². The molecule has 5 rings (SSSR count). The van der Waals surface area contributed by atoms with Gasteiger partial charge in [-0.3, -0.25) is 4.68 Å². The number of hydrogen-bond donors (Lipinski definition) is 1. The Morgan fingerprint density at radius 3 is 2.69 bits per heavy atom. The van der Waals surface area contributed by atoms with Crippen molar-refractivity contribution in [1.82, 2.24) is 19.7 Å². The van der Waals surface area contributed by atoms with E-state index in [0.717, 1.165) is 48.8 Å². The Morgan fingerprint density at radius 1 is 1.17 bits per heavy atom. The lowest BCUT2D eigenvalue weighted by Gasteiger charge is -2.28. The van der Waals surface area contributed by atoms with Crippen LogP contribution in [0.15, 0.2) is 48.2 Å². The van der Waals surface area contributed by atoms with Gasteiger partial charge in [0, 0.05) is 48.8 Å². The van der Waals surface area contributed by atoms with E-state index in [1.54, 1.807) is 0 Å². The highest BCUT2D eigenvalue weighted by Crippen LogP contribution is 2.37. The summed E-state index contributed by atoms with van der Waals surface area (Å²) in [4.78, 5) is 26.8. The molecule has 1 atom stereocenters. The van der Waals surface area contributed by atoms with Gasteiger partial charge in [-0.05, 0) is 55.5 Å². The van der Waals surface area contributed by atoms with Gasteiger partial charge in [-0.1, -0.05) is 12.8 Å². The van der Waals surface area contributed by atoms with Crippen molar-refractivity contribution in [2.24, 2.45) is 11.3 Å². The molecule has 1 aliphatic carbocycles. The van der Waals surface area contributed by atoms with Gasteiger partial charge in [-0.25, -0.2) is 9.97 Å². The lowest BCUT2D eigenvalue weighted by Crippen LogP contribution is -2.36. The van der Waals surface area contributed by atoms with Crippen LogP contribution in [0, 0.1) is 17.7 Å². The van der Waals surface area contributed by atoms with Crippen LogP contribution in [0.1, 0.15) is 43.7 Å². The monoisotopic (exact) mass is 491 g/mol. The highest BCUT2D eigenvalue weighted by atomic mass is 16.7. The number of nitrogens with zero attached hydrogens (tertiary/aromatic N) is 6. The summed E-state index contributed by atoms with van der Waals surface area (Å²) in [6, 6.07) is 8.50. The number of anilines is 3. The Hall–Kier alpha value is -3.53. The summed E-state index contributed by atoms with van der Waals surface area (Å²) in [5.74, 6) is 1.07. The smallest absolute Gasteiger partial charge is 0.227 e. The molecule has 1 aromatic carbocycles. The van der Waals surface area contributed by atoms with Crippen LogP contribution in [-0.2, 0) is 9.57 Å². The van der Waals surface area contributed by atoms with E-state index in [-0.39, 0.29) is 6.04 Å². The Balaban J connectivity index is 1.31. The first-order chi connectivity index (χ1) is 17.7. The summed E-state index contributed by atoms with van der Waals surface area (Å²) >= 11 is 0. The van der Waals surface area contributed by atoms with Gasteiger partial charge >= 0.3 is 0 Å². The second kappa shape index (κ2) is 11.5. The lowest BCUT2D eigenvalue weighted by molar-refractivity contribution is 0.113. The van der Waals surface area contributed by atoms with Crippen molar-refractivity contribution >= 4 is 17.3 Å². The van der Waals surface area contributed by atoms with Crippen molar-refractivity contribution in [3.63, 3.8) is 0 Å². The topological polar surface area (TPSA) is 107 Å². The Labute approximate surface area is 211 Å². The van der Waals surface area contributed by atoms with Crippen molar-refractivity contribution in [3.05, 3.63) is 53.3 Å². The Kier molecular flexibility index (Phi) is 7.70.